The van der Waals surface area contributed by atoms with Gasteiger partial charge in [0.2, 0.25) is 5.91 Å². The lowest BCUT2D eigenvalue weighted by atomic mass is 9.72. The first-order valence-corrected chi connectivity index (χ1v) is 8.36. The van der Waals surface area contributed by atoms with Crippen molar-refractivity contribution in [1.82, 2.24) is 10.6 Å². The van der Waals surface area contributed by atoms with Crippen LogP contribution in [0.25, 0.3) is 0 Å². The molecule has 1 saturated heterocycles. The van der Waals surface area contributed by atoms with Crippen LogP contribution in [-0.4, -0.2) is 17.4 Å². The standard InChI is InChI=1S/C19H19FN2OS/c20-16-8-6-14(7-9-16)13-22-18(24)19(10-11-21-17(23)12-19)15-4-2-1-3-5-15/h1-9H,10-13H2,(H,21,23)(H,22,24). The van der Waals surface area contributed by atoms with Crippen molar-refractivity contribution in [2.45, 2.75) is 24.8 Å². The lowest BCUT2D eigenvalue weighted by Crippen LogP contribution is -2.51. The van der Waals surface area contributed by atoms with Crippen LogP contribution >= 0.6 is 12.2 Å². The maximum absolute atomic E-state index is 13.0. The van der Waals surface area contributed by atoms with E-state index in [4.69, 9.17) is 12.2 Å². The first-order chi connectivity index (χ1) is 11.6. The van der Waals surface area contributed by atoms with E-state index in [9.17, 15) is 9.18 Å². The minimum absolute atomic E-state index is 0.0102. The highest BCUT2D eigenvalue weighted by Gasteiger charge is 2.41. The van der Waals surface area contributed by atoms with Crippen molar-refractivity contribution >= 4 is 23.1 Å². The number of carbonyl (C=O) groups excluding carboxylic acids is 1. The maximum atomic E-state index is 13.0. The van der Waals surface area contributed by atoms with E-state index >= 15 is 0 Å². The van der Waals surface area contributed by atoms with Gasteiger partial charge in [-0.1, -0.05) is 54.7 Å². The summed E-state index contributed by atoms with van der Waals surface area (Å²) in [7, 11) is 0. The monoisotopic (exact) mass is 342 g/mol. The molecule has 0 spiro atoms. The number of halogens is 1. The van der Waals surface area contributed by atoms with E-state index in [0.717, 1.165) is 17.5 Å². The summed E-state index contributed by atoms with van der Waals surface area (Å²) >= 11 is 5.68. The van der Waals surface area contributed by atoms with Crippen LogP contribution in [0.3, 0.4) is 0 Å². The van der Waals surface area contributed by atoms with E-state index < -0.39 is 5.41 Å². The van der Waals surface area contributed by atoms with Gasteiger partial charge in [-0.05, 0) is 29.7 Å². The molecule has 3 nitrogen and oxygen atoms in total. The molecule has 3 rings (SSSR count). The van der Waals surface area contributed by atoms with Gasteiger partial charge >= 0.3 is 0 Å². The average Bonchev–Trinajstić information content (AvgIpc) is 2.61. The quantitative estimate of drug-likeness (QED) is 0.839. The second-order valence-electron chi connectivity index (χ2n) is 6.03. The molecule has 2 N–H and O–H groups in total. The molecule has 124 valence electrons. The van der Waals surface area contributed by atoms with Gasteiger partial charge in [-0.25, -0.2) is 4.39 Å². The summed E-state index contributed by atoms with van der Waals surface area (Å²) in [6, 6.07) is 16.2. The van der Waals surface area contributed by atoms with Crippen molar-refractivity contribution in [3.8, 4) is 0 Å². The Hall–Kier alpha value is -2.27. The number of hydrogen-bond donors (Lipinski definition) is 2. The van der Waals surface area contributed by atoms with Crippen molar-refractivity contribution in [3.63, 3.8) is 0 Å². The summed E-state index contributed by atoms with van der Waals surface area (Å²) in [6.45, 7) is 1.11. The van der Waals surface area contributed by atoms with Crippen LogP contribution < -0.4 is 10.6 Å². The summed E-state index contributed by atoms with van der Waals surface area (Å²) in [5.41, 5.74) is 1.51. The molecule has 1 heterocycles. The van der Waals surface area contributed by atoms with Crippen molar-refractivity contribution < 1.29 is 9.18 Å². The predicted molar refractivity (Wildman–Crippen MR) is 96.2 cm³/mol. The van der Waals surface area contributed by atoms with Gasteiger partial charge in [0.15, 0.2) is 0 Å². The highest BCUT2D eigenvalue weighted by atomic mass is 32.1. The third-order valence-corrected chi connectivity index (χ3v) is 5.00. The second kappa shape index (κ2) is 7.09. The van der Waals surface area contributed by atoms with Gasteiger partial charge in [0.1, 0.15) is 5.82 Å². The number of thiocarbonyl (C=S) groups is 1. The molecule has 0 aliphatic carbocycles. The first kappa shape index (κ1) is 16.6. The Morgan fingerprint density at radius 2 is 1.88 bits per heavy atom. The van der Waals surface area contributed by atoms with Crippen molar-refractivity contribution in [2.24, 2.45) is 0 Å². The van der Waals surface area contributed by atoms with E-state index in [1.165, 1.54) is 12.1 Å². The molecule has 0 radical (unpaired) electrons. The number of benzene rings is 2. The molecule has 5 heteroatoms. The van der Waals surface area contributed by atoms with Gasteiger partial charge in [-0.2, -0.15) is 0 Å². The summed E-state index contributed by atoms with van der Waals surface area (Å²) in [6.07, 6.45) is 1.10. The number of carbonyl (C=O) groups is 1. The number of nitrogens with one attached hydrogen (secondary N) is 2. The SMILES string of the molecule is O=C1CC(C(=S)NCc2ccc(F)cc2)(c2ccccc2)CCN1. The molecule has 1 fully saturated rings. The number of hydrogen-bond acceptors (Lipinski definition) is 2. The Morgan fingerprint density at radius 3 is 2.54 bits per heavy atom. The van der Waals surface area contributed by atoms with Crippen LogP contribution in [0.2, 0.25) is 0 Å². The number of rotatable bonds is 4. The molecule has 1 amide bonds. The molecule has 2 aromatic carbocycles. The summed E-state index contributed by atoms with van der Waals surface area (Å²) < 4.78 is 13.0. The van der Waals surface area contributed by atoms with Gasteiger partial charge in [0.25, 0.3) is 0 Å². The fraction of sp³-hybridized carbons (Fsp3) is 0.263. The lowest BCUT2D eigenvalue weighted by Gasteiger charge is -2.38. The topological polar surface area (TPSA) is 41.1 Å². The third kappa shape index (κ3) is 3.46. The molecule has 1 unspecified atom stereocenters. The van der Waals surface area contributed by atoms with Crippen LogP contribution in [0.5, 0.6) is 0 Å². The van der Waals surface area contributed by atoms with Gasteiger partial charge in [0, 0.05) is 19.5 Å². The second-order valence-corrected chi connectivity index (χ2v) is 6.44. The molecule has 1 aliphatic heterocycles. The smallest absolute Gasteiger partial charge is 0.221 e. The van der Waals surface area contributed by atoms with E-state index in [1.54, 1.807) is 12.1 Å². The largest absolute Gasteiger partial charge is 0.375 e. The molecule has 2 aromatic rings. The minimum atomic E-state index is -0.487. The summed E-state index contributed by atoms with van der Waals surface area (Å²) in [5, 5.41) is 6.15. The summed E-state index contributed by atoms with van der Waals surface area (Å²) in [4.78, 5) is 12.7. The highest BCUT2D eigenvalue weighted by Crippen LogP contribution is 2.35. The Bertz CT molecular complexity index is 733. The zero-order valence-corrected chi connectivity index (χ0v) is 14.0. The Kier molecular flexibility index (Phi) is 4.90. The zero-order chi connectivity index (χ0) is 17.0. The average molecular weight is 342 g/mol. The van der Waals surface area contributed by atoms with E-state index in [2.05, 4.69) is 10.6 Å². The molecule has 1 atom stereocenters. The molecular weight excluding hydrogens is 323 g/mol. The van der Waals surface area contributed by atoms with Crippen LogP contribution in [0, 0.1) is 5.82 Å². The molecule has 24 heavy (non-hydrogen) atoms. The van der Waals surface area contributed by atoms with E-state index in [0.29, 0.717) is 24.5 Å². The fourth-order valence-corrected chi connectivity index (χ4v) is 3.49. The number of piperidine rings is 1. The van der Waals surface area contributed by atoms with Crippen LogP contribution in [0.1, 0.15) is 24.0 Å². The molecular formula is C19H19FN2OS. The third-order valence-electron chi connectivity index (χ3n) is 4.46. The Balaban J connectivity index is 1.81. The molecule has 0 bridgehead atoms. The molecule has 1 aliphatic rings. The van der Waals surface area contributed by atoms with Crippen LogP contribution in [0.15, 0.2) is 54.6 Å². The van der Waals surface area contributed by atoms with Gasteiger partial charge < -0.3 is 10.6 Å². The number of amides is 1. The lowest BCUT2D eigenvalue weighted by molar-refractivity contribution is -0.123. The maximum Gasteiger partial charge on any atom is 0.221 e. The Labute approximate surface area is 146 Å². The van der Waals surface area contributed by atoms with Crippen LogP contribution in [0.4, 0.5) is 4.39 Å². The summed E-state index contributed by atoms with van der Waals surface area (Å²) in [5.74, 6) is -0.248. The van der Waals surface area contributed by atoms with E-state index in [1.807, 2.05) is 30.3 Å². The minimum Gasteiger partial charge on any atom is -0.375 e. The predicted octanol–water partition coefficient (Wildman–Crippen LogP) is 3.09. The van der Waals surface area contributed by atoms with Crippen molar-refractivity contribution in [2.75, 3.05) is 6.54 Å². The Morgan fingerprint density at radius 1 is 1.17 bits per heavy atom. The first-order valence-electron chi connectivity index (χ1n) is 7.95. The van der Waals surface area contributed by atoms with Gasteiger partial charge in [-0.3, -0.25) is 4.79 Å². The normalized spacial score (nSPS) is 20.3. The van der Waals surface area contributed by atoms with Gasteiger partial charge in [0.05, 0.1) is 10.4 Å². The fourth-order valence-electron chi connectivity index (χ4n) is 3.12. The van der Waals surface area contributed by atoms with Crippen molar-refractivity contribution in [3.05, 3.63) is 71.5 Å². The van der Waals surface area contributed by atoms with Crippen LogP contribution in [-0.2, 0) is 16.8 Å². The molecule has 0 saturated carbocycles. The highest BCUT2D eigenvalue weighted by molar-refractivity contribution is 7.80. The van der Waals surface area contributed by atoms with Gasteiger partial charge in [-0.15, -0.1) is 0 Å². The zero-order valence-electron chi connectivity index (χ0n) is 13.2. The molecule has 0 aromatic heterocycles. The van der Waals surface area contributed by atoms with Crippen molar-refractivity contribution in [1.29, 1.82) is 0 Å². The van der Waals surface area contributed by atoms with E-state index in [-0.39, 0.29) is 11.7 Å².